The Kier molecular flexibility index (Phi) is 2.71. The van der Waals surface area contributed by atoms with Gasteiger partial charge in [0, 0.05) is 5.69 Å². The van der Waals surface area contributed by atoms with Gasteiger partial charge in [0.25, 0.3) is 5.88 Å². The lowest BCUT2D eigenvalue weighted by Gasteiger charge is -2.08. The van der Waals surface area contributed by atoms with Crippen molar-refractivity contribution in [1.82, 2.24) is 20.3 Å². The summed E-state index contributed by atoms with van der Waals surface area (Å²) in [6.45, 7) is 2.03. The number of aryl methyl sites for hydroxylation is 1. The standard InChI is InChI=1S/C12H11N5O2/c1-7-3-5-8(6-4-7)13-11-12(18-2)15-10-9(14-11)16-19-17-10/h3-6H,1-2H3,(H,13,14,16). The number of hydrogen-bond donors (Lipinski definition) is 1. The maximum atomic E-state index is 5.17. The Morgan fingerprint density at radius 2 is 1.74 bits per heavy atom. The summed E-state index contributed by atoms with van der Waals surface area (Å²) in [5.74, 6) is 0.804. The number of nitrogens with one attached hydrogen (secondary N) is 1. The van der Waals surface area contributed by atoms with Gasteiger partial charge in [0.05, 0.1) is 7.11 Å². The van der Waals surface area contributed by atoms with Crippen molar-refractivity contribution in [3.8, 4) is 5.88 Å². The van der Waals surface area contributed by atoms with E-state index in [1.54, 1.807) is 0 Å². The number of ether oxygens (including phenoxy) is 1. The zero-order valence-electron chi connectivity index (χ0n) is 10.4. The fourth-order valence-corrected chi connectivity index (χ4v) is 1.62. The van der Waals surface area contributed by atoms with E-state index in [0.29, 0.717) is 23.0 Å². The van der Waals surface area contributed by atoms with Crippen molar-refractivity contribution in [2.45, 2.75) is 6.92 Å². The molecule has 7 nitrogen and oxygen atoms in total. The maximum Gasteiger partial charge on any atom is 0.259 e. The molecule has 0 bridgehead atoms. The van der Waals surface area contributed by atoms with Crippen molar-refractivity contribution < 1.29 is 9.37 Å². The highest BCUT2D eigenvalue weighted by molar-refractivity contribution is 5.71. The maximum absolute atomic E-state index is 5.17. The Morgan fingerprint density at radius 3 is 2.42 bits per heavy atom. The van der Waals surface area contributed by atoms with Gasteiger partial charge in [0.15, 0.2) is 5.82 Å². The predicted octanol–water partition coefficient (Wildman–Crippen LogP) is 2.07. The fraction of sp³-hybridized carbons (Fsp3) is 0.167. The Bertz CT molecular complexity index is 708. The van der Waals surface area contributed by atoms with Crippen LogP contribution in [0.15, 0.2) is 28.9 Å². The lowest BCUT2D eigenvalue weighted by molar-refractivity contribution is 0.313. The summed E-state index contributed by atoms with van der Waals surface area (Å²) in [6.07, 6.45) is 0. The zero-order chi connectivity index (χ0) is 13.2. The van der Waals surface area contributed by atoms with Crippen LogP contribution in [0.2, 0.25) is 0 Å². The summed E-state index contributed by atoms with van der Waals surface area (Å²) in [7, 11) is 1.52. The molecular formula is C12H11N5O2. The first-order valence-corrected chi connectivity index (χ1v) is 5.64. The first-order valence-electron chi connectivity index (χ1n) is 5.64. The molecule has 0 amide bonds. The van der Waals surface area contributed by atoms with Crippen LogP contribution in [0.3, 0.4) is 0 Å². The number of hydrogen-bond acceptors (Lipinski definition) is 7. The van der Waals surface area contributed by atoms with E-state index in [0.717, 1.165) is 5.69 Å². The second kappa shape index (κ2) is 4.52. The monoisotopic (exact) mass is 257 g/mol. The van der Waals surface area contributed by atoms with Gasteiger partial charge in [-0.05, 0) is 29.4 Å². The minimum atomic E-state index is 0.311. The van der Waals surface area contributed by atoms with E-state index in [1.807, 2.05) is 31.2 Å². The minimum absolute atomic E-state index is 0.311. The van der Waals surface area contributed by atoms with E-state index < -0.39 is 0 Å². The van der Waals surface area contributed by atoms with E-state index in [2.05, 4.69) is 30.2 Å². The van der Waals surface area contributed by atoms with Crippen LogP contribution >= 0.6 is 0 Å². The molecule has 2 heterocycles. The number of benzene rings is 1. The average molecular weight is 257 g/mol. The third-order valence-corrected chi connectivity index (χ3v) is 2.59. The normalized spacial score (nSPS) is 10.6. The molecule has 3 rings (SSSR count). The first kappa shape index (κ1) is 11.4. The second-order valence-corrected chi connectivity index (χ2v) is 3.98. The summed E-state index contributed by atoms with van der Waals surface area (Å²) in [4.78, 5) is 8.41. The van der Waals surface area contributed by atoms with Crippen LogP contribution in [0.25, 0.3) is 11.3 Å². The van der Waals surface area contributed by atoms with E-state index in [-0.39, 0.29) is 0 Å². The summed E-state index contributed by atoms with van der Waals surface area (Å²) >= 11 is 0. The highest BCUT2D eigenvalue weighted by atomic mass is 16.6. The van der Waals surface area contributed by atoms with Crippen LogP contribution < -0.4 is 10.1 Å². The van der Waals surface area contributed by atoms with Crippen LogP contribution in [0.1, 0.15) is 5.56 Å². The summed E-state index contributed by atoms with van der Waals surface area (Å²) in [5.41, 5.74) is 2.70. The zero-order valence-corrected chi connectivity index (χ0v) is 10.4. The minimum Gasteiger partial charge on any atom is -0.478 e. The van der Waals surface area contributed by atoms with Crippen LogP contribution in [0.4, 0.5) is 11.5 Å². The Hall–Kier alpha value is -2.70. The Balaban J connectivity index is 2.00. The second-order valence-electron chi connectivity index (χ2n) is 3.98. The van der Waals surface area contributed by atoms with Crippen molar-refractivity contribution in [1.29, 1.82) is 0 Å². The van der Waals surface area contributed by atoms with E-state index >= 15 is 0 Å². The molecular weight excluding hydrogens is 246 g/mol. The van der Waals surface area contributed by atoms with Crippen LogP contribution in [-0.2, 0) is 0 Å². The van der Waals surface area contributed by atoms with Gasteiger partial charge in [-0.3, -0.25) is 0 Å². The number of aromatic nitrogens is 4. The molecule has 1 aromatic carbocycles. The number of fused-ring (bicyclic) bond motifs is 1. The van der Waals surface area contributed by atoms with E-state index in [9.17, 15) is 0 Å². The van der Waals surface area contributed by atoms with E-state index in [1.165, 1.54) is 12.7 Å². The molecule has 1 N–H and O–H groups in total. The topological polar surface area (TPSA) is 86.0 Å². The molecule has 7 heteroatoms. The van der Waals surface area contributed by atoms with Crippen LogP contribution in [-0.4, -0.2) is 27.4 Å². The van der Waals surface area contributed by atoms with Crippen molar-refractivity contribution in [2.24, 2.45) is 0 Å². The lowest BCUT2D eigenvalue weighted by atomic mass is 10.2. The van der Waals surface area contributed by atoms with E-state index in [4.69, 9.17) is 4.74 Å². The molecule has 0 saturated heterocycles. The summed E-state index contributed by atoms with van der Waals surface area (Å²) in [6, 6.07) is 7.89. The molecule has 0 spiro atoms. The van der Waals surface area contributed by atoms with Gasteiger partial charge in [0.1, 0.15) is 0 Å². The van der Waals surface area contributed by atoms with Crippen LogP contribution in [0.5, 0.6) is 5.88 Å². The Labute approximate surface area is 108 Å². The van der Waals surface area contributed by atoms with Gasteiger partial charge in [-0.1, -0.05) is 17.7 Å². The Morgan fingerprint density at radius 1 is 1.05 bits per heavy atom. The van der Waals surface area contributed by atoms with Gasteiger partial charge >= 0.3 is 0 Å². The lowest BCUT2D eigenvalue weighted by Crippen LogP contribution is -2.00. The summed E-state index contributed by atoms with van der Waals surface area (Å²) in [5, 5.41) is 10.4. The van der Waals surface area contributed by atoms with Gasteiger partial charge in [-0.25, -0.2) is 4.63 Å². The molecule has 0 aliphatic carbocycles. The van der Waals surface area contributed by atoms with Gasteiger partial charge < -0.3 is 10.1 Å². The van der Waals surface area contributed by atoms with Crippen LogP contribution in [0, 0.1) is 6.92 Å². The molecule has 19 heavy (non-hydrogen) atoms. The highest BCUT2D eigenvalue weighted by Crippen LogP contribution is 2.25. The quantitative estimate of drug-likeness (QED) is 0.768. The number of anilines is 2. The predicted molar refractivity (Wildman–Crippen MR) is 68.4 cm³/mol. The van der Waals surface area contributed by atoms with Crippen molar-refractivity contribution in [3.05, 3.63) is 29.8 Å². The average Bonchev–Trinajstić information content (AvgIpc) is 2.87. The number of methoxy groups -OCH3 is 1. The van der Waals surface area contributed by atoms with Gasteiger partial charge in [0.2, 0.25) is 11.3 Å². The summed E-state index contributed by atoms with van der Waals surface area (Å²) < 4.78 is 9.75. The third-order valence-electron chi connectivity index (χ3n) is 2.59. The molecule has 0 fully saturated rings. The largest absolute Gasteiger partial charge is 0.478 e. The van der Waals surface area contributed by atoms with Crippen molar-refractivity contribution in [3.63, 3.8) is 0 Å². The number of nitrogens with zero attached hydrogens (tertiary/aromatic N) is 4. The van der Waals surface area contributed by atoms with Gasteiger partial charge in [-0.2, -0.15) is 9.97 Å². The first-order chi connectivity index (χ1) is 9.26. The number of rotatable bonds is 3. The molecule has 0 atom stereocenters. The van der Waals surface area contributed by atoms with Crippen molar-refractivity contribution >= 4 is 22.8 Å². The van der Waals surface area contributed by atoms with Crippen molar-refractivity contribution in [2.75, 3.05) is 12.4 Å². The third kappa shape index (κ3) is 2.17. The highest BCUT2D eigenvalue weighted by Gasteiger charge is 2.13. The fourth-order valence-electron chi connectivity index (χ4n) is 1.62. The SMILES string of the molecule is COc1nc2nonc2nc1Nc1ccc(C)cc1. The molecule has 3 aromatic rings. The smallest absolute Gasteiger partial charge is 0.259 e. The molecule has 0 aliphatic heterocycles. The molecule has 0 aliphatic rings. The molecule has 96 valence electrons. The van der Waals surface area contributed by atoms with Gasteiger partial charge in [-0.15, -0.1) is 0 Å². The molecule has 0 radical (unpaired) electrons. The molecule has 0 saturated carbocycles. The molecule has 2 aromatic heterocycles. The molecule has 0 unspecified atom stereocenters.